The molecule has 0 aliphatic rings. The van der Waals surface area contributed by atoms with Crippen LogP contribution < -0.4 is 5.32 Å². The van der Waals surface area contributed by atoms with Crippen molar-refractivity contribution in [3.63, 3.8) is 0 Å². The molecule has 0 saturated heterocycles. The molecule has 0 bridgehead atoms. The molecule has 0 spiro atoms. The highest BCUT2D eigenvalue weighted by Crippen LogP contribution is 2.24. The lowest BCUT2D eigenvalue weighted by molar-refractivity contribution is 0.553. The van der Waals surface area contributed by atoms with Gasteiger partial charge in [0.15, 0.2) is 0 Å². The molecule has 0 radical (unpaired) electrons. The van der Waals surface area contributed by atoms with Gasteiger partial charge in [-0.25, -0.2) is 4.52 Å². The molecule has 1 N–H and O–H groups in total. The van der Waals surface area contributed by atoms with Crippen LogP contribution in [-0.4, -0.2) is 36.1 Å². The molecular weight excluding hydrogens is 254 g/mol. The Hall–Kier alpha value is -2.28. The summed E-state index contributed by atoms with van der Waals surface area (Å²) in [5, 5.41) is 15.9. The minimum Gasteiger partial charge on any atom is -0.305 e. The highest BCUT2D eigenvalue weighted by atomic mass is 15.4. The molecule has 1 atom stereocenters. The van der Waals surface area contributed by atoms with E-state index in [1.807, 2.05) is 30.2 Å². The van der Waals surface area contributed by atoms with Gasteiger partial charge in [0.05, 0.1) is 35.8 Å². The summed E-state index contributed by atoms with van der Waals surface area (Å²) in [4.78, 5) is 4.19. The van der Waals surface area contributed by atoms with E-state index in [2.05, 4.69) is 32.6 Å². The van der Waals surface area contributed by atoms with Gasteiger partial charge in [-0.3, -0.25) is 9.67 Å². The summed E-state index contributed by atoms with van der Waals surface area (Å²) in [6, 6.07) is 0.0108. The van der Waals surface area contributed by atoms with E-state index < -0.39 is 0 Å². The number of fused-ring (bicyclic) bond motifs is 1. The van der Waals surface area contributed by atoms with Gasteiger partial charge in [-0.2, -0.15) is 5.10 Å². The Bertz CT molecular complexity index is 699. The van der Waals surface area contributed by atoms with Gasteiger partial charge in [-0.1, -0.05) is 12.1 Å². The van der Waals surface area contributed by atoms with Crippen molar-refractivity contribution in [1.82, 2.24) is 34.9 Å². The molecule has 3 aromatic rings. The summed E-state index contributed by atoms with van der Waals surface area (Å²) in [6.07, 6.45) is 10.1. The molecule has 0 aromatic carbocycles. The van der Waals surface area contributed by atoms with E-state index >= 15 is 0 Å². The number of aryl methyl sites for hydroxylation is 1. The lowest BCUT2D eigenvalue weighted by Gasteiger charge is -2.17. The largest absolute Gasteiger partial charge is 0.305 e. The number of nitrogens with zero attached hydrogens (tertiary/aromatic N) is 6. The van der Waals surface area contributed by atoms with Gasteiger partial charge in [-0.15, -0.1) is 5.10 Å². The normalized spacial score (nSPS) is 12.9. The fourth-order valence-corrected chi connectivity index (χ4v) is 2.30. The van der Waals surface area contributed by atoms with Crippen molar-refractivity contribution in [2.75, 3.05) is 6.54 Å². The monoisotopic (exact) mass is 271 g/mol. The van der Waals surface area contributed by atoms with Crippen LogP contribution in [0.3, 0.4) is 0 Å². The highest BCUT2D eigenvalue weighted by Gasteiger charge is 2.21. The molecule has 0 fully saturated rings. The van der Waals surface area contributed by atoms with Crippen LogP contribution in [0, 0.1) is 0 Å². The van der Waals surface area contributed by atoms with Crippen molar-refractivity contribution in [2.45, 2.75) is 19.4 Å². The first-order valence-electron chi connectivity index (χ1n) is 6.66. The first-order valence-corrected chi connectivity index (χ1v) is 6.66. The summed E-state index contributed by atoms with van der Waals surface area (Å²) in [6.45, 7) is 3.05. The zero-order chi connectivity index (χ0) is 13.9. The summed E-state index contributed by atoms with van der Waals surface area (Å²) in [5.41, 5.74) is 3.08. The molecule has 3 aromatic heterocycles. The van der Waals surface area contributed by atoms with Crippen LogP contribution >= 0.6 is 0 Å². The van der Waals surface area contributed by atoms with Crippen LogP contribution in [0.5, 0.6) is 0 Å². The maximum absolute atomic E-state index is 4.37. The first-order chi connectivity index (χ1) is 9.81. The Morgan fingerprint density at radius 2 is 2.20 bits per heavy atom. The fourth-order valence-electron chi connectivity index (χ4n) is 2.30. The van der Waals surface area contributed by atoms with Crippen LogP contribution in [0.2, 0.25) is 0 Å². The lowest BCUT2D eigenvalue weighted by atomic mass is 10.1. The van der Waals surface area contributed by atoms with E-state index in [4.69, 9.17) is 0 Å². The minimum atomic E-state index is 0.0108. The Morgan fingerprint density at radius 3 is 2.95 bits per heavy atom. The Balaban J connectivity index is 2.07. The molecule has 20 heavy (non-hydrogen) atoms. The van der Waals surface area contributed by atoms with Crippen molar-refractivity contribution in [2.24, 2.45) is 7.05 Å². The van der Waals surface area contributed by atoms with Crippen LogP contribution in [0.15, 0.2) is 31.0 Å². The predicted octanol–water partition coefficient (Wildman–Crippen LogP) is 0.947. The van der Waals surface area contributed by atoms with E-state index in [9.17, 15) is 0 Å². The maximum atomic E-state index is 4.37. The van der Waals surface area contributed by atoms with E-state index in [1.54, 1.807) is 17.1 Å². The van der Waals surface area contributed by atoms with Crippen LogP contribution in [0.1, 0.15) is 30.6 Å². The Labute approximate surface area is 116 Å². The van der Waals surface area contributed by atoms with Gasteiger partial charge in [-0.05, 0) is 13.0 Å². The number of nitrogens with one attached hydrogen (secondary N) is 1. The van der Waals surface area contributed by atoms with E-state index in [0.717, 1.165) is 29.7 Å². The average molecular weight is 271 g/mol. The molecule has 7 nitrogen and oxygen atoms in total. The molecule has 0 aliphatic heterocycles. The molecular formula is C13H17N7. The maximum Gasteiger partial charge on any atom is 0.0896 e. The third-order valence-corrected chi connectivity index (χ3v) is 3.31. The van der Waals surface area contributed by atoms with Gasteiger partial charge in [0.25, 0.3) is 0 Å². The smallest absolute Gasteiger partial charge is 0.0896 e. The fraction of sp³-hybridized carbons (Fsp3) is 0.385. The Morgan fingerprint density at radius 1 is 1.30 bits per heavy atom. The summed E-state index contributed by atoms with van der Waals surface area (Å²) in [7, 11) is 1.90. The van der Waals surface area contributed by atoms with Crippen LogP contribution in [0.25, 0.3) is 5.52 Å². The lowest BCUT2D eigenvalue weighted by Crippen LogP contribution is -2.25. The summed E-state index contributed by atoms with van der Waals surface area (Å²) in [5.74, 6) is 0. The van der Waals surface area contributed by atoms with Crippen molar-refractivity contribution in [3.05, 3.63) is 42.2 Å². The molecule has 0 aliphatic carbocycles. The second-order valence-corrected chi connectivity index (χ2v) is 4.68. The van der Waals surface area contributed by atoms with E-state index in [0.29, 0.717) is 0 Å². The number of hydrogen-bond donors (Lipinski definition) is 1. The van der Waals surface area contributed by atoms with Gasteiger partial charge in [0.2, 0.25) is 0 Å². The van der Waals surface area contributed by atoms with E-state index in [-0.39, 0.29) is 6.04 Å². The molecule has 104 valence electrons. The third-order valence-electron chi connectivity index (χ3n) is 3.31. The van der Waals surface area contributed by atoms with Crippen LogP contribution in [0.4, 0.5) is 0 Å². The average Bonchev–Trinajstić information content (AvgIpc) is 3.07. The summed E-state index contributed by atoms with van der Waals surface area (Å²) < 4.78 is 3.61. The number of hydrogen-bond acceptors (Lipinski definition) is 5. The van der Waals surface area contributed by atoms with Gasteiger partial charge >= 0.3 is 0 Å². The second kappa shape index (κ2) is 5.38. The first kappa shape index (κ1) is 12.7. The van der Waals surface area contributed by atoms with Crippen molar-refractivity contribution >= 4 is 5.52 Å². The molecule has 1 unspecified atom stereocenters. The van der Waals surface area contributed by atoms with Gasteiger partial charge in [0.1, 0.15) is 0 Å². The molecule has 0 saturated carbocycles. The molecule has 0 amide bonds. The summed E-state index contributed by atoms with van der Waals surface area (Å²) >= 11 is 0. The predicted molar refractivity (Wildman–Crippen MR) is 74.1 cm³/mol. The zero-order valence-corrected chi connectivity index (χ0v) is 11.6. The third kappa shape index (κ3) is 2.16. The topological polar surface area (TPSA) is 72.9 Å². The number of rotatable bonds is 5. The van der Waals surface area contributed by atoms with E-state index in [1.165, 1.54) is 0 Å². The van der Waals surface area contributed by atoms with Crippen LogP contribution in [-0.2, 0) is 7.05 Å². The quantitative estimate of drug-likeness (QED) is 0.748. The van der Waals surface area contributed by atoms with Crippen molar-refractivity contribution in [1.29, 1.82) is 0 Å². The number of aromatic nitrogens is 6. The van der Waals surface area contributed by atoms with Gasteiger partial charge in [0, 0.05) is 25.0 Å². The van der Waals surface area contributed by atoms with Gasteiger partial charge < -0.3 is 5.32 Å². The zero-order valence-electron chi connectivity index (χ0n) is 11.6. The minimum absolute atomic E-state index is 0.0108. The highest BCUT2D eigenvalue weighted by molar-refractivity contribution is 5.54. The molecule has 3 heterocycles. The SMILES string of the molecule is CCCNC(c1cnn2ccncc12)c1cnnn1C. The second-order valence-electron chi connectivity index (χ2n) is 4.68. The standard InChI is InChI=1S/C13H17N7/c1-3-4-15-13(12-9-16-18-19(12)2)10-7-17-20-6-5-14-8-11(10)20/h5-9,13,15H,3-4H2,1-2H3. The van der Waals surface area contributed by atoms with Crippen molar-refractivity contribution in [3.8, 4) is 0 Å². The molecule has 7 heteroatoms. The Kier molecular flexibility index (Phi) is 3.42. The van der Waals surface area contributed by atoms with Crippen molar-refractivity contribution < 1.29 is 0 Å². The molecule has 3 rings (SSSR count).